The predicted octanol–water partition coefficient (Wildman–Crippen LogP) is 3.61. The third-order valence-corrected chi connectivity index (χ3v) is 6.03. The Morgan fingerprint density at radius 1 is 1.07 bits per heavy atom. The minimum atomic E-state index is -0.0530. The first-order chi connectivity index (χ1) is 14.1. The van der Waals surface area contributed by atoms with Gasteiger partial charge in [0.25, 0.3) is 5.56 Å². The van der Waals surface area contributed by atoms with Crippen LogP contribution in [0.4, 0.5) is 0 Å². The lowest BCUT2D eigenvalue weighted by atomic mass is 9.96. The van der Waals surface area contributed by atoms with Crippen LogP contribution in [0.25, 0.3) is 27.7 Å². The Hall–Kier alpha value is -2.99. The first kappa shape index (κ1) is 18.1. The van der Waals surface area contributed by atoms with Gasteiger partial charge in [0.05, 0.1) is 16.6 Å². The number of fused-ring (bicyclic) bond motifs is 2. The van der Waals surface area contributed by atoms with E-state index >= 15 is 0 Å². The number of aryl methyl sites for hydroxylation is 1. The molecule has 6 heteroatoms. The molecule has 0 unspecified atom stereocenters. The van der Waals surface area contributed by atoms with Gasteiger partial charge < -0.3 is 14.3 Å². The maximum Gasteiger partial charge on any atom is 0.258 e. The van der Waals surface area contributed by atoms with E-state index in [2.05, 4.69) is 47.3 Å². The lowest BCUT2D eigenvalue weighted by Crippen LogP contribution is -2.30. The Morgan fingerprint density at radius 3 is 2.66 bits per heavy atom. The summed E-state index contributed by atoms with van der Waals surface area (Å²) < 4.78 is 2.05. The third kappa shape index (κ3) is 3.34. The quantitative estimate of drug-likeness (QED) is 0.583. The Morgan fingerprint density at radius 2 is 1.86 bits per heavy atom. The molecule has 4 heterocycles. The molecule has 3 aromatic heterocycles. The number of pyridine rings is 1. The Labute approximate surface area is 169 Å². The van der Waals surface area contributed by atoms with E-state index < -0.39 is 0 Å². The van der Waals surface area contributed by atoms with Crippen LogP contribution in [0, 0.1) is 0 Å². The highest BCUT2D eigenvalue weighted by atomic mass is 16.1. The second kappa shape index (κ2) is 7.12. The predicted molar refractivity (Wildman–Crippen MR) is 115 cm³/mol. The van der Waals surface area contributed by atoms with Crippen LogP contribution in [-0.4, -0.2) is 44.4 Å². The van der Waals surface area contributed by atoms with Crippen molar-refractivity contribution in [2.75, 3.05) is 20.1 Å². The average molecular weight is 387 g/mol. The number of H-pyrrole nitrogens is 1. The van der Waals surface area contributed by atoms with Gasteiger partial charge in [0.2, 0.25) is 0 Å². The van der Waals surface area contributed by atoms with Gasteiger partial charge in [-0.25, -0.2) is 9.97 Å². The van der Waals surface area contributed by atoms with Crippen molar-refractivity contribution in [1.29, 1.82) is 0 Å². The lowest BCUT2D eigenvalue weighted by molar-refractivity contribution is 0.251. The maximum atomic E-state index is 12.8. The fourth-order valence-corrected chi connectivity index (χ4v) is 4.20. The summed E-state index contributed by atoms with van der Waals surface area (Å²) in [5.41, 5.74) is 4.78. The van der Waals surface area contributed by atoms with E-state index in [0.29, 0.717) is 11.3 Å². The van der Waals surface area contributed by atoms with Crippen molar-refractivity contribution in [1.82, 2.24) is 24.3 Å². The number of piperidine rings is 1. The molecule has 148 valence electrons. The first-order valence-electron chi connectivity index (χ1n) is 10.3. The number of aromatic amines is 1. The summed E-state index contributed by atoms with van der Waals surface area (Å²) in [4.78, 5) is 27.6. The minimum Gasteiger partial charge on any atom is -0.310 e. The smallest absolute Gasteiger partial charge is 0.258 e. The molecule has 1 aliphatic heterocycles. The van der Waals surface area contributed by atoms with Crippen molar-refractivity contribution in [3.05, 3.63) is 64.6 Å². The van der Waals surface area contributed by atoms with E-state index in [-0.39, 0.29) is 5.56 Å². The molecule has 1 saturated heterocycles. The Bertz CT molecular complexity index is 1250. The summed E-state index contributed by atoms with van der Waals surface area (Å²) in [7, 11) is 2.14. The largest absolute Gasteiger partial charge is 0.310 e. The van der Waals surface area contributed by atoms with Gasteiger partial charge in [-0.1, -0.05) is 13.0 Å². The van der Waals surface area contributed by atoms with Crippen molar-refractivity contribution in [3.8, 4) is 11.1 Å². The molecule has 0 amide bonds. The molecular formula is C23H25N5O. The van der Waals surface area contributed by atoms with Crippen LogP contribution >= 0.6 is 0 Å². The summed E-state index contributed by atoms with van der Waals surface area (Å²) in [6.07, 6.45) is 7.11. The number of likely N-dealkylation sites (tertiary alicyclic amines) is 1. The molecule has 1 N–H and O–H groups in total. The number of nitrogens with zero attached hydrogens (tertiary/aromatic N) is 4. The SMILES string of the molecule is CCc1cn2cc(-c3ccc4nc(C5CCN(C)CC5)[nH]c(=O)c4c3)ccc2n1. The molecule has 5 rings (SSSR count). The first-order valence-corrected chi connectivity index (χ1v) is 10.3. The number of rotatable bonds is 3. The molecule has 29 heavy (non-hydrogen) atoms. The van der Waals surface area contributed by atoms with E-state index in [1.807, 2.05) is 28.7 Å². The molecule has 0 bridgehead atoms. The van der Waals surface area contributed by atoms with Gasteiger partial charge in [-0.2, -0.15) is 0 Å². The highest BCUT2D eigenvalue weighted by molar-refractivity contribution is 5.83. The molecule has 1 aromatic carbocycles. The number of hydrogen-bond donors (Lipinski definition) is 1. The van der Waals surface area contributed by atoms with Crippen LogP contribution in [0.2, 0.25) is 0 Å². The van der Waals surface area contributed by atoms with Crippen molar-refractivity contribution in [3.63, 3.8) is 0 Å². The fraction of sp³-hybridized carbons (Fsp3) is 0.348. The van der Waals surface area contributed by atoms with Crippen molar-refractivity contribution < 1.29 is 0 Å². The van der Waals surface area contributed by atoms with Crippen LogP contribution in [0.3, 0.4) is 0 Å². The van der Waals surface area contributed by atoms with Crippen molar-refractivity contribution in [2.24, 2.45) is 0 Å². The van der Waals surface area contributed by atoms with Crippen LogP contribution in [0.5, 0.6) is 0 Å². The second-order valence-electron chi connectivity index (χ2n) is 8.03. The molecule has 6 nitrogen and oxygen atoms in total. The zero-order chi connectivity index (χ0) is 20.0. The fourth-order valence-electron chi connectivity index (χ4n) is 4.20. The summed E-state index contributed by atoms with van der Waals surface area (Å²) in [6.45, 7) is 4.19. The van der Waals surface area contributed by atoms with E-state index in [1.54, 1.807) is 0 Å². The lowest BCUT2D eigenvalue weighted by Gasteiger charge is -2.28. The molecule has 0 spiro atoms. The number of benzene rings is 1. The highest BCUT2D eigenvalue weighted by Crippen LogP contribution is 2.27. The van der Waals surface area contributed by atoms with Gasteiger partial charge in [0.15, 0.2) is 0 Å². The zero-order valence-corrected chi connectivity index (χ0v) is 16.9. The Kier molecular flexibility index (Phi) is 4.43. The maximum absolute atomic E-state index is 12.8. The zero-order valence-electron chi connectivity index (χ0n) is 16.9. The van der Waals surface area contributed by atoms with E-state index in [4.69, 9.17) is 4.98 Å². The van der Waals surface area contributed by atoms with E-state index in [1.165, 1.54) is 0 Å². The average Bonchev–Trinajstić information content (AvgIpc) is 3.16. The van der Waals surface area contributed by atoms with E-state index in [9.17, 15) is 4.79 Å². The van der Waals surface area contributed by atoms with Crippen LogP contribution < -0.4 is 5.56 Å². The summed E-state index contributed by atoms with van der Waals surface area (Å²) in [5, 5.41) is 0.638. The normalized spacial score (nSPS) is 16.1. The standard InChI is InChI=1S/C23H25N5O/c1-3-18-14-28-13-17(5-7-21(28)24-18)16-4-6-20-19(12-16)23(29)26-22(25-20)15-8-10-27(2)11-9-15/h4-7,12-15H,3,8-11H2,1-2H3,(H,25,26,29). The van der Waals surface area contributed by atoms with Gasteiger partial charge >= 0.3 is 0 Å². The third-order valence-electron chi connectivity index (χ3n) is 6.03. The monoisotopic (exact) mass is 387 g/mol. The summed E-state index contributed by atoms with van der Waals surface area (Å²) in [5.74, 6) is 1.16. The number of hydrogen-bond acceptors (Lipinski definition) is 4. The van der Waals surface area contributed by atoms with Gasteiger partial charge in [-0.15, -0.1) is 0 Å². The van der Waals surface area contributed by atoms with E-state index in [0.717, 1.165) is 66.2 Å². The van der Waals surface area contributed by atoms with Crippen molar-refractivity contribution in [2.45, 2.75) is 32.1 Å². The number of imidazole rings is 1. The van der Waals surface area contributed by atoms with Crippen LogP contribution in [0.15, 0.2) is 47.5 Å². The minimum absolute atomic E-state index is 0.0530. The second-order valence-corrected chi connectivity index (χ2v) is 8.03. The molecule has 1 aliphatic rings. The van der Waals surface area contributed by atoms with Gasteiger partial charge in [-0.3, -0.25) is 4.79 Å². The number of nitrogens with one attached hydrogen (secondary N) is 1. The van der Waals surface area contributed by atoms with Crippen LogP contribution in [0.1, 0.15) is 37.2 Å². The molecule has 0 saturated carbocycles. The molecule has 4 aromatic rings. The molecule has 1 fully saturated rings. The molecule has 0 radical (unpaired) electrons. The Balaban J connectivity index is 1.52. The molecule has 0 aliphatic carbocycles. The van der Waals surface area contributed by atoms with Gasteiger partial charge in [0, 0.05) is 18.3 Å². The number of aromatic nitrogens is 4. The van der Waals surface area contributed by atoms with Crippen LogP contribution in [-0.2, 0) is 6.42 Å². The summed E-state index contributed by atoms with van der Waals surface area (Å²) >= 11 is 0. The van der Waals surface area contributed by atoms with Gasteiger partial charge in [-0.05, 0) is 74.8 Å². The van der Waals surface area contributed by atoms with Gasteiger partial charge in [0.1, 0.15) is 11.5 Å². The van der Waals surface area contributed by atoms with Crippen molar-refractivity contribution >= 4 is 16.6 Å². The topological polar surface area (TPSA) is 66.3 Å². The molecular weight excluding hydrogens is 362 g/mol. The highest BCUT2D eigenvalue weighted by Gasteiger charge is 2.21. The summed E-state index contributed by atoms with van der Waals surface area (Å²) in [6, 6.07) is 10.0. The molecule has 0 atom stereocenters.